The minimum Gasteiger partial charge on any atom is -0.494 e. The highest BCUT2D eigenvalue weighted by Crippen LogP contribution is 2.38. The van der Waals surface area contributed by atoms with Gasteiger partial charge in [0.15, 0.2) is 27.3 Å². The Labute approximate surface area is 223 Å². The average molecular weight is 546 g/mol. The van der Waals surface area contributed by atoms with E-state index in [-0.39, 0.29) is 18.0 Å². The number of hydrogen-bond donors (Lipinski definition) is 0. The maximum absolute atomic E-state index is 13.9. The number of para-hydroxylation sites is 1. The van der Waals surface area contributed by atoms with Crippen LogP contribution in [0.4, 0.5) is 0 Å². The first-order chi connectivity index (χ1) is 18.2. The van der Waals surface area contributed by atoms with E-state index in [2.05, 4.69) is 20.2 Å². The van der Waals surface area contributed by atoms with Gasteiger partial charge in [-0.25, -0.2) is 18.4 Å². The summed E-state index contributed by atoms with van der Waals surface area (Å²) in [4.78, 5) is 8.71. The average Bonchev–Trinajstić information content (AvgIpc) is 3.56. The number of aromatic nitrogens is 5. The second-order valence-electron chi connectivity index (χ2n) is 9.56. The number of nitrogens with zero attached hydrogens (tertiary/aromatic N) is 5. The molecule has 0 amide bonds. The first kappa shape index (κ1) is 27.9. The molecular weight excluding hydrogens is 510 g/mol. The molecule has 0 bridgehead atoms. The van der Waals surface area contributed by atoms with Gasteiger partial charge in [0.2, 0.25) is 0 Å². The molecule has 206 valence electrons. The van der Waals surface area contributed by atoms with Gasteiger partial charge in [-0.05, 0) is 58.2 Å². The molecule has 4 rings (SSSR count). The van der Waals surface area contributed by atoms with Crippen LogP contribution in [0, 0.1) is 6.92 Å². The molecule has 0 spiro atoms. The quantitative estimate of drug-likeness (QED) is 0.352. The Balaban J connectivity index is 1.78. The Morgan fingerprint density at radius 3 is 2.29 bits per heavy atom. The maximum Gasteiger partial charge on any atom is 0.167 e. The molecule has 1 fully saturated rings. The van der Waals surface area contributed by atoms with E-state index in [4.69, 9.17) is 18.9 Å². The van der Waals surface area contributed by atoms with Gasteiger partial charge < -0.3 is 18.9 Å². The monoisotopic (exact) mass is 545 g/mol. The Hall–Kier alpha value is -3.09. The lowest BCUT2D eigenvalue weighted by Crippen LogP contribution is -2.32. The predicted molar refractivity (Wildman–Crippen MR) is 140 cm³/mol. The van der Waals surface area contributed by atoms with Crippen LogP contribution in [0.15, 0.2) is 30.6 Å². The van der Waals surface area contributed by atoms with Crippen LogP contribution in [0.25, 0.3) is 5.69 Å². The molecule has 1 aliphatic rings. The molecule has 3 aromatic rings. The Bertz CT molecular complexity index is 1310. The van der Waals surface area contributed by atoms with Crippen LogP contribution in [0.1, 0.15) is 68.9 Å². The fraction of sp³-hybridized carbons (Fsp3) is 0.538. The second kappa shape index (κ2) is 11.7. The molecule has 38 heavy (non-hydrogen) atoms. The molecule has 1 saturated heterocycles. The number of sulfone groups is 1. The van der Waals surface area contributed by atoms with Crippen LogP contribution in [-0.2, 0) is 25.1 Å². The maximum atomic E-state index is 13.9. The van der Waals surface area contributed by atoms with E-state index < -0.39 is 26.9 Å². The van der Waals surface area contributed by atoms with Crippen molar-refractivity contribution >= 4 is 9.84 Å². The van der Waals surface area contributed by atoms with Crippen molar-refractivity contribution in [3.63, 3.8) is 0 Å². The molecule has 0 saturated carbocycles. The lowest BCUT2D eigenvalue weighted by Gasteiger charge is -2.25. The van der Waals surface area contributed by atoms with E-state index in [9.17, 15) is 8.42 Å². The van der Waals surface area contributed by atoms with Crippen LogP contribution in [0.5, 0.6) is 11.5 Å². The van der Waals surface area contributed by atoms with Crippen LogP contribution in [0.2, 0.25) is 0 Å². The zero-order valence-corrected chi connectivity index (χ0v) is 23.4. The van der Waals surface area contributed by atoms with E-state index in [1.807, 2.05) is 20.8 Å². The molecule has 3 heterocycles. The molecular formula is C26H35N5O6S. The summed E-state index contributed by atoms with van der Waals surface area (Å²) >= 11 is 0. The van der Waals surface area contributed by atoms with Crippen LogP contribution in [-0.4, -0.2) is 65.3 Å². The first-order valence-corrected chi connectivity index (χ1v) is 14.3. The van der Waals surface area contributed by atoms with Gasteiger partial charge in [-0.2, -0.15) is 0 Å². The lowest BCUT2D eigenvalue weighted by atomic mass is 10.2. The smallest absolute Gasteiger partial charge is 0.167 e. The summed E-state index contributed by atoms with van der Waals surface area (Å²) in [6.45, 7) is 7.76. The number of hydrogen-bond acceptors (Lipinski definition) is 10. The van der Waals surface area contributed by atoms with Crippen LogP contribution >= 0.6 is 0 Å². The van der Waals surface area contributed by atoms with Crippen molar-refractivity contribution in [2.24, 2.45) is 0 Å². The molecule has 0 unspecified atom stereocenters. The number of methoxy groups -OCH3 is 2. The van der Waals surface area contributed by atoms with Crippen molar-refractivity contribution in [1.82, 2.24) is 24.7 Å². The van der Waals surface area contributed by atoms with Crippen molar-refractivity contribution in [3.05, 3.63) is 53.6 Å². The SMILES string of the molecule is COc1cccc(OC)c1-n1c(CS(=O)(=O)[C@@H](C)[C@@H](OC(C)C)c2ncc(C)cn2)nnc1[C@@H]1CCCO1. The van der Waals surface area contributed by atoms with E-state index >= 15 is 0 Å². The number of aryl methyl sites for hydroxylation is 1. The third-order valence-corrected chi connectivity index (χ3v) is 8.44. The van der Waals surface area contributed by atoms with Gasteiger partial charge in [0, 0.05) is 19.0 Å². The van der Waals surface area contributed by atoms with E-state index in [0.717, 1.165) is 18.4 Å². The van der Waals surface area contributed by atoms with Crippen molar-refractivity contribution in [2.45, 2.75) is 69.9 Å². The van der Waals surface area contributed by atoms with E-state index in [0.29, 0.717) is 35.4 Å². The van der Waals surface area contributed by atoms with Gasteiger partial charge in [0.25, 0.3) is 0 Å². The first-order valence-electron chi connectivity index (χ1n) is 12.6. The largest absolute Gasteiger partial charge is 0.494 e. The van der Waals surface area contributed by atoms with Gasteiger partial charge >= 0.3 is 0 Å². The summed E-state index contributed by atoms with van der Waals surface area (Å²) < 4.78 is 52.6. The number of ether oxygens (including phenoxy) is 4. The molecule has 3 atom stereocenters. The summed E-state index contributed by atoms with van der Waals surface area (Å²) in [6.07, 6.45) is 3.48. The third-order valence-electron chi connectivity index (χ3n) is 6.40. The fourth-order valence-corrected chi connectivity index (χ4v) is 5.81. The minimum absolute atomic E-state index is 0.221. The van der Waals surface area contributed by atoms with Crippen molar-refractivity contribution < 1.29 is 27.4 Å². The summed E-state index contributed by atoms with van der Waals surface area (Å²) in [7, 11) is -0.759. The highest BCUT2D eigenvalue weighted by molar-refractivity contribution is 7.91. The molecule has 1 aromatic carbocycles. The molecule has 0 radical (unpaired) electrons. The number of benzene rings is 1. The number of rotatable bonds is 11. The van der Waals surface area contributed by atoms with E-state index in [1.165, 1.54) is 0 Å². The molecule has 12 heteroatoms. The standard InChI is InChI=1S/C26H35N5O6S/c1-16(2)37-24(25-27-13-17(3)14-28-25)18(4)38(32,33)15-22-29-30-26(21-11-8-12-36-21)31(22)23-19(34-5)9-7-10-20(23)35-6/h7,9-10,13-14,16,18,21,24H,8,11-12,15H2,1-6H3/t18-,21-,24+/m0/s1. The van der Waals surface area contributed by atoms with Gasteiger partial charge in [-0.3, -0.25) is 4.57 Å². The molecule has 0 aliphatic carbocycles. The topological polar surface area (TPSA) is 128 Å². The predicted octanol–water partition coefficient (Wildman–Crippen LogP) is 3.70. The fourth-order valence-electron chi connectivity index (χ4n) is 4.43. The van der Waals surface area contributed by atoms with Crippen molar-refractivity contribution in [3.8, 4) is 17.2 Å². The normalized spacial score (nSPS) is 17.5. The van der Waals surface area contributed by atoms with Crippen molar-refractivity contribution in [1.29, 1.82) is 0 Å². The Kier molecular flexibility index (Phi) is 8.64. The summed E-state index contributed by atoms with van der Waals surface area (Å²) in [5.74, 6) is 1.61. The van der Waals surface area contributed by atoms with Gasteiger partial charge in [-0.15, -0.1) is 10.2 Å². The molecule has 11 nitrogen and oxygen atoms in total. The molecule has 0 N–H and O–H groups in total. The Morgan fingerprint density at radius 2 is 1.74 bits per heavy atom. The van der Waals surface area contributed by atoms with Gasteiger partial charge in [0.1, 0.15) is 35.1 Å². The van der Waals surface area contributed by atoms with Gasteiger partial charge in [0.05, 0.1) is 25.6 Å². The third kappa shape index (κ3) is 5.82. The highest BCUT2D eigenvalue weighted by Gasteiger charge is 2.37. The molecule has 2 aromatic heterocycles. The summed E-state index contributed by atoms with van der Waals surface area (Å²) in [6, 6.07) is 5.35. The highest BCUT2D eigenvalue weighted by atomic mass is 32.2. The van der Waals surface area contributed by atoms with Crippen LogP contribution in [0.3, 0.4) is 0 Å². The zero-order chi connectivity index (χ0) is 27.4. The molecule has 1 aliphatic heterocycles. The summed E-state index contributed by atoms with van der Waals surface area (Å²) in [5.41, 5.74) is 1.38. The Morgan fingerprint density at radius 1 is 1.08 bits per heavy atom. The minimum atomic E-state index is -3.85. The van der Waals surface area contributed by atoms with Gasteiger partial charge in [-0.1, -0.05) is 6.07 Å². The second-order valence-corrected chi connectivity index (χ2v) is 11.9. The lowest BCUT2D eigenvalue weighted by molar-refractivity contribution is 0.00141. The van der Waals surface area contributed by atoms with Crippen LogP contribution < -0.4 is 9.47 Å². The van der Waals surface area contributed by atoms with Crippen molar-refractivity contribution in [2.75, 3.05) is 20.8 Å². The zero-order valence-electron chi connectivity index (χ0n) is 22.6. The van der Waals surface area contributed by atoms with E-state index in [1.54, 1.807) is 56.3 Å². The summed E-state index contributed by atoms with van der Waals surface area (Å²) in [5, 5.41) is 7.75.